The fraction of sp³-hybridized carbons (Fsp3) is 0.562. The number of carbonyl (C=O) groups is 1. The summed E-state index contributed by atoms with van der Waals surface area (Å²) in [5, 5.41) is 3.00. The van der Waals surface area contributed by atoms with E-state index in [2.05, 4.69) is 29.3 Å². The first-order valence-corrected chi connectivity index (χ1v) is 7.30. The van der Waals surface area contributed by atoms with E-state index in [4.69, 9.17) is 4.74 Å². The monoisotopic (exact) mass is 276 g/mol. The van der Waals surface area contributed by atoms with Crippen molar-refractivity contribution in [2.75, 3.05) is 32.8 Å². The molecule has 1 aromatic carbocycles. The minimum absolute atomic E-state index is 0.104. The molecule has 0 bridgehead atoms. The Bertz CT molecular complexity index is 448. The third-order valence-corrected chi connectivity index (χ3v) is 3.67. The third kappa shape index (κ3) is 4.62. The van der Waals surface area contributed by atoms with E-state index >= 15 is 0 Å². The molecule has 1 fully saturated rings. The summed E-state index contributed by atoms with van der Waals surface area (Å²) in [5.74, 6) is 0.104. The van der Waals surface area contributed by atoms with Crippen LogP contribution < -0.4 is 5.32 Å². The van der Waals surface area contributed by atoms with Crippen LogP contribution in [0.1, 0.15) is 18.1 Å². The van der Waals surface area contributed by atoms with Gasteiger partial charge in [0.2, 0.25) is 5.91 Å². The van der Waals surface area contributed by atoms with Gasteiger partial charge in [0.15, 0.2) is 0 Å². The van der Waals surface area contributed by atoms with Gasteiger partial charge >= 0.3 is 0 Å². The minimum atomic E-state index is 0.104. The van der Waals surface area contributed by atoms with Crippen molar-refractivity contribution in [3.63, 3.8) is 0 Å². The molecule has 20 heavy (non-hydrogen) atoms. The second-order valence-corrected chi connectivity index (χ2v) is 5.44. The number of amides is 1. The molecule has 1 amide bonds. The molecule has 4 heteroatoms. The van der Waals surface area contributed by atoms with Gasteiger partial charge in [-0.15, -0.1) is 0 Å². The average molecular weight is 276 g/mol. The fourth-order valence-electron chi connectivity index (χ4n) is 2.52. The zero-order valence-electron chi connectivity index (χ0n) is 12.4. The summed E-state index contributed by atoms with van der Waals surface area (Å²) in [6.07, 6.45) is 1.11. The molecule has 1 aromatic rings. The third-order valence-electron chi connectivity index (χ3n) is 3.67. The van der Waals surface area contributed by atoms with Crippen molar-refractivity contribution >= 4 is 5.91 Å². The van der Waals surface area contributed by atoms with E-state index in [1.54, 1.807) is 0 Å². The first-order chi connectivity index (χ1) is 9.65. The fourth-order valence-corrected chi connectivity index (χ4v) is 2.52. The van der Waals surface area contributed by atoms with Gasteiger partial charge in [-0.1, -0.05) is 24.3 Å². The summed E-state index contributed by atoms with van der Waals surface area (Å²) >= 11 is 0. The van der Waals surface area contributed by atoms with Crippen molar-refractivity contribution in [3.8, 4) is 0 Å². The van der Waals surface area contributed by atoms with Crippen LogP contribution in [-0.2, 0) is 16.0 Å². The second-order valence-electron chi connectivity index (χ2n) is 5.44. The van der Waals surface area contributed by atoms with E-state index in [1.165, 1.54) is 11.1 Å². The van der Waals surface area contributed by atoms with Crippen molar-refractivity contribution < 1.29 is 9.53 Å². The van der Waals surface area contributed by atoms with E-state index in [-0.39, 0.29) is 12.0 Å². The number of carbonyl (C=O) groups excluding carboxylic acids is 1. The van der Waals surface area contributed by atoms with Gasteiger partial charge in [-0.2, -0.15) is 0 Å². The molecule has 1 saturated heterocycles. The molecule has 0 spiro atoms. The minimum Gasteiger partial charge on any atom is -0.376 e. The quantitative estimate of drug-likeness (QED) is 0.883. The highest BCUT2D eigenvalue weighted by Crippen LogP contribution is 2.07. The Labute approximate surface area is 121 Å². The van der Waals surface area contributed by atoms with Crippen molar-refractivity contribution in [2.45, 2.75) is 26.4 Å². The van der Waals surface area contributed by atoms with Gasteiger partial charge in [0.1, 0.15) is 0 Å². The van der Waals surface area contributed by atoms with Crippen LogP contribution in [0.4, 0.5) is 0 Å². The van der Waals surface area contributed by atoms with Crippen molar-refractivity contribution in [2.24, 2.45) is 0 Å². The number of benzene rings is 1. The molecular weight excluding hydrogens is 252 g/mol. The maximum Gasteiger partial charge on any atom is 0.234 e. The summed E-state index contributed by atoms with van der Waals surface area (Å²) in [4.78, 5) is 14.0. The Morgan fingerprint density at radius 2 is 2.25 bits per heavy atom. The predicted octanol–water partition coefficient (Wildman–Crippen LogP) is 1.37. The highest BCUT2D eigenvalue weighted by molar-refractivity contribution is 5.78. The Kier molecular flexibility index (Phi) is 5.56. The summed E-state index contributed by atoms with van der Waals surface area (Å²) in [7, 11) is 0. The smallest absolute Gasteiger partial charge is 0.234 e. The summed E-state index contributed by atoms with van der Waals surface area (Å²) in [6.45, 7) is 7.72. The number of ether oxygens (including phenoxy) is 1. The van der Waals surface area contributed by atoms with Crippen LogP contribution in [0.15, 0.2) is 24.3 Å². The Morgan fingerprint density at radius 1 is 1.45 bits per heavy atom. The van der Waals surface area contributed by atoms with Gasteiger partial charge < -0.3 is 10.1 Å². The Balaban J connectivity index is 1.69. The van der Waals surface area contributed by atoms with E-state index in [1.807, 2.05) is 19.1 Å². The molecule has 1 atom stereocenters. The van der Waals surface area contributed by atoms with Gasteiger partial charge in [0.05, 0.1) is 19.3 Å². The average Bonchev–Trinajstić information content (AvgIpc) is 2.41. The number of rotatable bonds is 5. The van der Waals surface area contributed by atoms with Crippen LogP contribution >= 0.6 is 0 Å². The van der Waals surface area contributed by atoms with Gasteiger partial charge in [-0.3, -0.25) is 9.69 Å². The molecule has 1 N–H and O–H groups in total. The molecule has 1 aliphatic heterocycles. The number of hydrogen-bond donors (Lipinski definition) is 1. The molecule has 0 aromatic heterocycles. The summed E-state index contributed by atoms with van der Waals surface area (Å²) < 4.78 is 5.47. The number of morpholine rings is 1. The largest absolute Gasteiger partial charge is 0.376 e. The van der Waals surface area contributed by atoms with E-state index in [0.717, 1.165) is 26.1 Å². The highest BCUT2D eigenvalue weighted by Gasteiger charge is 2.18. The van der Waals surface area contributed by atoms with Crippen LogP contribution in [-0.4, -0.2) is 49.7 Å². The molecule has 2 rings (SSSR count). The number of hydrogen-bond acceptors (Lipinski definition) is 3. The van der Waals surface area contributed by atoms with Crippen molar-refractivity contribution in [1.29, 1.82) is 0 Å². The van der Waals surface area contributed by atoms with Crippen LogP contribution in [0, 0.1) is 6.92 Å². The number of nitrogens with one attached hydrogen (secondary N) is 1. The Hall–Kier alpha value is -1.39. The molecule has 4 nitrogen and oxygen atoms in total. The maximum absolute atomic E-state index is 11.9. The zero-order valence-corrected chi connectivity index (χ0v) is 12.4. The molecular formula is C16H24N2O2. The van der Waals surface area contributed by atoms with Crippen LogP contribution in [0.3, 0.4) is 0 Å². The lowest BCUT2D eigenvalue weighted by molar-refractivity contribution is -0.124. The van der Waals surface area contributed by atoms with Crippen molar-refractivity contribution in [3.05, 3.63) is 35.4 Å². The number of nitrogens with zero attached hydrogens (tertiary/aromatic N) is 1. The summed E-state index contributed by atoms with van der Waals surface area (Å²) in [6, 6.07) is 8.30. The van der Waals surface area contributed by atoms with Gasteiger partial charge in [0.25, 0.3) is 0 Å². The van der Waals surface area contributed by atoms with Crippen LogP contribution in [0.25, 0.3) is 0 Å². The van der Waals surface area contributed by atoms with Crippen molar-refractivity contribution in [1.82, 2.24) is 10.2 Å². The zero-order chi connectivity index (χ0) is 14.4. The number of aryl methyl sites for hydroxylation is 1. The molecule has 0 aliphatic carbocycles. The first kappa shape index (κ1) is 15.0. The molecule has 110 valence electrons. The highest BCUT2D eigenvalue weighted by atomic mass is 16.5. The Morgan fingerprint density at radius 3 is 3.00 bits per heavy atom. The topological polar surface area (TPSA) is 41.6 Å². The molecule has 0 saturated carbocycles. The first-order valence-electron chi connectivity index (χ1n) is 7.30. The molecule has 0 radical (unpaired) electrons. The molecule has 1 aliphatic rings. The lowest BCUT2D eigenvalue weighted by Crippen LogP contribution is -2.46. The SMILES string of the molecule is Cc1ccccc1CCNC(=O)CN1CCOC(C)C1. The van der Waals surface area contributed by atoms with Crippen LogP contribution in [0.5, 0.6) is 0 Å². The molecule has 1 heterocycles. The van der Waals surface area contributed by atoms with E-state index in [9.17, 15) is 4.79 Å². The molecule has 1 unspecified atom stereocenters. The van der Waals surface area contributed by atoms with Gasteiger partial charge in [0, 0.05) is 19.6 Å². The standard InChI is InChI=1S/C16H24N2O2/c1-13-5-3-4-6-15(13)7-8-17-16(19)12-18-9-10-20-14(2)11-18/h3-6,14H,7-12H2,1-2H3,(H,17,19). The van der Waals surface area contributed by atoms with Gasteiger partial charge in [-0.25, -0.2) is 0 Å². The van der Waals surface area contributed by atoms with Crippen LogP contribution in [0.2, 0.25) is 0 Å². The summed E-state index contributed by atoms with van der Waals surface area (Å²) in [5.41, 5.74) is 2.58. The predicted molar refractivity (Wildman–Crippen MR) is 79.7 cm³/mol. The normalized spacial score (nSPS) is 19.8. The van der Waals surface area contributed by atoms with E-state index in [0.29, 0.717) is 13.1 Å². The lowest BCUT2D eigenvalue weighted by atomic mass is 10.1. The maximum atomic E-state index is 11.9. The second kappa shape index (κ2) is 7.41. The lowest BCUT2D eigenvalue weighted by Gasteiger charge is -2.30. The van der Waals surface area contributed by atoms with Gasteiger partial charge in [-0.05, 0) is 31.4 Å². The van der Waals surface area contributed by atoms with E-state index < -0.39 is 0 Å².